The summed E-state index contributed by atoms with van der Waals surface area (Å²) in [5.41, 5.74) is 11.3. The molecule has 0 unspecified atom stereocenters. The van der Waals surface area contributed by atoms with Crippen molar-refractivity contribution in [2.75, 3.05) is 0 Å². The third kappa shape index (κ3) is 6.13. The Bertz CT molecular complexity index is 3360. The van der Waals surface area contributed by atoms with Crippen molar-refractivity contribution < 1.29 is 0 Å². The molecule has 11 aromatic rings. The van der Waals surface area contributed by atoms with E-state index in [4.69, 9.17) is 0 Å². The summed E-state index contributed by atoms with van der Waals surface area (Å²) in [6, 6.07) is 84.3. The van der Waals surface area contributed by atoms with Crippen LogP contribution in [-0.2, 0) is 0 Å². The van der Waals surface area contributed by atoms with E-state index >= 15 is 0 Å². The quantitative estimate of drug-likeness (QED) is 0.107. The van der Waals surface area contributed by atoms with Crippen LogP contribution in [0.25, 0.3) is 66.1 Å². The van der Waals surface area contributed by atoms with E-state index in [0.29, 0.717) is 5.92 Å². The lowest BCUT2D eigenvalue weighted by Crippen LogP contribution is -2.74. The third-order valence-electron chi connectivity index (χ3n) is 14.1. The summed E-state index contributed by atoms with van der Waals surface area (Å²) in [5, 5.41) is 10.8. The molecule has 0 saturated heterocycles. The van der Waals surface area contributed by atoms with Gasteiger partial charge in [-0.15, -0.1) is 0 Å². The SMILES string of the molecule is c1ccc(-c2ccc([Si](c3ccccc3)(c3ccccc3)c3ccc(-n4c5ccccc5c5ccc(-n6c7ccccc7c7c(C8CCCCC8)cccc76)cc54)cc3)cc2)cc1. The summed E-state index contributed by atoms with van der Waals surface area (Å²) >= 11 is 0. The van der Waals surface area contributed by atoms with Crippen LogP contribution in [0, 0.1) is 0 Å². The number of benzene rings is 9. The Morgan fingerprint density at radius 1 is 0.333 bits per heavy atom. The van der Waals surface area contributed by atoms with Gasteiger partial charge in [-0.25, -0.2) is 0 Å². The Balaban J connectivity index is 1.04. The standard InChI is InChI=1S/C60H48N2Si/c1-5-18-43(19-6-1)44-32-37-50(38-33-44)63(48-22-9-3-10-23-48,49-24-11-4-12-25-49)51-39-34-46(35-40-51)61-56-29-15-13-26-53(56)54-41-36-47(42-59(54)61)62-57-30-16-14-27-55(57)60-52(28-17-31-58(60)62)45-20-7-2-8-21-45/h1,3-6,9-19,22-42,45H,2,7-8,20-21H2. The molecule has 1 fully saturated rings. The Labute approximate surface area is 370 Å². The molecule has 63 heavy (non-hydrogen) atoms. The van der Waals surface area contributed by atoms with E-state index in [-0.39, 0.29) is 0 Å². The second-order valence-electron chi connectivity index (χ2n) is 17.5. The minimum absolute atomic E-state index is 0.619. The summed E-state index contributed by atoms with van der Waals surface area (Å²) < 4.78 is 5.01. The first-order valence-electron chi connectivity index (χ1n) is 22.7. The van der Waals surface area contributed by atoms with Crippen molar-refractivity contribution in [1.29, 1.82) is 0 Å². The third-order valence-corrected chi connectivity index (χ3v) is 18.9. The lowest BCUT2D eigenvalue weighted by Gasteiger charge is -2.34. The maximum atomic E-state index is 2.52. The number of aromatic nitrogens is 2. The summed E-state index contributed by atoms with van der Waals surface area (Å²) in [4.78, 5) is 0. The number of rotatable bonds is 8. The fraction of sp³-hybridized carbons (Fsp3) is 0.100. The fourth-order valence-corrected chi connectivity index (χ4v) is 16.0. The Kier molecular flexibility index (Phi) is 9.30. The van der Waals surface area contributed by atoms with Gasteiger partial charge in [0, 0.05) is 32.9 Å². The minimum atomic E-state index is -2.77. The van der Waals surface area contributed by atoms with Gasteiger partial charge in [0.05, 0.1) is 22.1 Å². The lowest BCUT2D eigenvalue weighted by molar-refractivity contribution is 0.445. The summed E-state index contributed by atoms with van der Waals surface area (Å²) in [6.07, 6.45) is 6.57. The molecule has 0 N–H and O–H groups in total. The van der Waals surface area contributed by atoms with Crippen LogP contribution in [0.3, 0.4) is 0 Å². The molecule has 2 nitrogen and oxygen atoms in total. The van der Waals surface area contributed by atoms with Crippen molar-refractivity contribution >= 4 is 72.4 Å². The number of nitrogens with zero attached hydrogens (tertiary/aromatic N) is 2. The van der Waals surface area contributed by atoms with Gasteiger partial charge in [-0.2, -0.15) is 0 Å². The van der Waals surface area contributed by atoms with E-state index in [0.717, 1.165) is 5.69 Å². The molecule has 0 atom stereocenters. The summed E-state index contributed by atoms with van der Waals surface area (Å²) in [7, 11) is -2.77. The molecule has 302 valence electrons. The molecule has 0 aliphatic heterocycles. The average molecular weight is 825 g/mol. The van der Waals surface area contributed by atoms with E-state index in [1.54, 1.807) is 0 Å². The van der Waals surface area contributed by atoms with Gasteiger partial charge in [0.25, 0.3) is 0 Å². The smallest absolute Gasteiger partial charge is 0.179 e. The highest BCUT2D eigenvalue weighted by molar-refractivity contribution is 7.19. The van der Waals surface area contributed by atoms with Crippen molar-refractivity contribution in [3.8, 4) is 22.5 Å². The van der Waals surface area contributed by atoms with E-state index in [9.17, 15) is 0 Å². The Morgan fingerprint density at radius 2 is 0.810 bits per heavy atom. The molecule has 0 radical (unpaired) electrons. The van der Waals surface area contributed by atoms with Crippen molar-refractivity contribution in [3.05, 3.63) is 230 Å². The molecular weight excluding hydrogens is 777 g/mol. The van der Waals surface area contributed by atoms with Crippen LogP contribution in [0.2, 0.25) is 0 Å². The number of hydrogen-bond acceptors (Lipinski definition) is 0. The zero-order chi connectivity index (χ0) is 41.7. The zero-order valence-corrected chi connectivity index (χ0v) is 36.4. The van der Waals surface area contributed by atoms with Crippen molar-refractivity contribution in [2.24, 2.45) is 0 Å². The lowest BCUT2D eigenvalue weighted by atomic mass is 9.82. The zero-order valence-electron chi connectivity index (χ0n) is 35.4. The number of para-hydroxylation sites is 2. The summed E-state index contributed by atoms with van der Waals surface area (Å²) in [5.74, 6) is 0.619. The van der Waals surface area contributed by atoms with Crippen LogP contribution in [0.4, 0.5) is 0 Å². The van der Waals surface area contributed by atoms with Gasteiger partial charge in [-0.05, 0) is 98.7 Å². The highest BCUT2D eigenvalue weighted by Gasteiger charge is 2.41. The van der Waals surface area contributed by atoms with Gasteiger partial charge in [0.15, 0.2) is 8.07 Å². The number of hydrogen-bond donors (Lipinski definition) is 0. The predicted octanol–water partition coefficient (Wildman–Crippen LogP) is 13.0. The topological polar surface area (TPSA) is 9.86 Å². The summed E-state index contributed by atoms with van der Waals surface area (Å²) in [6.45, 7) is 0. The molecule has 1 saturated carbocycles. The second kappa shape index (κ2) is 15.6. The van der Waals surface area contributed by atoms with Crippen LogP contribution >= 0.6 is 0 Å². The molecule has 0 amide bonds. The van der Waals surface area contributed by atoms with Crippen LogP contribution < -0.4 is 20.7 Å². The van der Waals surface area contributed by atoms with Gasteiger partial charge < -0.3 is 9.13 Å². The molecule has 1 aliphatic rings. The first kappa shape index (κ1) is 37.5. The molecule has 0 bridgehead atoms. The van der Waals surface area contributed by atoms with Crippen LogP contribution in [0.5, 0.6) is 0 Å². The molecule has 2 heterocycles. The van der Waals surface area contributed by atoms with Crippen molar-refractivity contribution in [1.82, 2.24) is 9.13 Å². The van der Waals surface area contributed by atoms with Gasteiger partial charge >= 0.3 is 0 Å². The normalized spacial score (nSPS) is 13.7. The van der Waals surface area contributed by atoms with Gasteiger partial charge in [-0.1, -0.05) is 201 Å². The number of fused-ring (bicyclic) bond motifs is 6. The van der Waals surface area contributed by atoms with Crippen LogP contribution in [-0.4, -0.2) is 17.2 Å². The molecule has 12 rings (SSSR count). The molecule has 9 aromatic carbocycles. The van der Waals surface area contributed by atoms with Gasteiger partial charge in [-0.3, -0.25) is 0 Å². The monoisotopic (exact) mass is 824 g/mol. The molecular formula is C60H48N2Si. The maximum Gasteiger partial charge on any atom is 0.179 e. The first-order chi connectivity index (χ1) is 31.3. The van der Waals surface area contributed by atoms with Gasteiger partial charge in [0.2, 0.25) is 0 Å². The van der Waals surface area contributed by atoms with E-state index in [1.165, 1.54) is 119 Å². The molecule has 0 spiro atoms. The van der Waals surface area contributed by atoms with E-state index in [2.05, 4.69) is 234 Å². The molecule has 1 aliphatic carbocycles. The van der Waals surface area contributed by atoms with Crippen LogP contribution in [0.1, 0.15) is 43.6 Å². The first-order valence-corrected chi connectivity index (χ1v) is 24.7. The molecule has 3 heteroatoms. The largest absolute Gasteiger partial charge is 0.309 e. The minimum Gasteiger partial charge on any atom is -0.309 e. The second-order valence-corrected chi connectivity index (χ2v) is 21.3. The van der Waals surface area contributed by atoms with Crippen molar-refractivity contribution in [2.45, 2.75) is 38.0 Å². The van der Waals surface area contributed by atoms with Gasteiger partial charge in [0.1, 0.15) is 0 Å². The van der Waals surface area contributed by atoms with E-state index < -0.39 is 8.07 Å². The Hall–Kier alpha value is -7.20. The highest BCUT2D eigenvalue weighted by Crippen LogP contribution is 2.42. The Morgan fingerprint density at radius 3 is 1.48 bits per heavy atom. The van der Waals surface area contributed by atoms with E-state index in [1.807, 2.05) is 0 Å². The van der Waals surface area contributed by atoms with Crippen molar-refractivity contribution in [3.63, 3.8) is 0 Å². The van der Waals surface area contributed by atoms with Crippen LogP contribution in [0.15, 0.2) is 224 Å². The maximum absolute atomic E-state index is 2.77. The predicted molar refractivity (Wildman–Crippen MR) is 270 cm³/mol. The fourth-order valence-electron chi connectivity index (χ4n) is 11.2. The average Bonchev–Trinajstić information content (AvgIpc) is 3.88. The molecule has 2 aromatic heterocycles. The highest BCUT2D eigenvalue weighted by atomic mass is 28.3.